The summed E-state index contributed by atoms with van der Waals surface area (Å²) in [5, 5.41) is 3.31. The summed E-state index contributed by atoms with van der Waals surface area (Å²) in [5.74, 6) is 0.202. The molecule has 0 radical (unpaired) electrons. The quantitative estimate of drug-likeness (QED) is 0.694. The number of rotatable bonds is 8. The summed E-state index contributed by atoms with van der Waals surface area (Å²) in [6.07, 6.45) is 3.01. The van der Waals surface area contributed by atoms with E-state index in [2.05, 4.69) is 12.2 Å². The SMILES string of the molecule is CCCNC1CCCN(CC(COC)OC)C1=O. The fourth-order valence-corrected chi connectivity index (χ4v) is 2.26. The van der Waals surface area contributed by atoms with E-state index >= 15 is 0 Å². The Labute approximate surface area is 110 Å². The molecule has 1 fully saturated rings. The highest BCUT2D eigenvalue weighted by atomic mass is 16.5. The summed E-state index contributed by atoms with van der Waals surface area (Å²) in [4.78, 5) is 14.1. The van der Waals surface area contributed by atoms with Crippen molar-refractivity contribution in [3.63, 3.8) is 0 Å². The fraction of sp³-hybridized carbons (Fsp3) is 0.923. The van der Waals surface area contributed by atoms with E-state index < -0.39 is 0 Å². The number of nitrogens with zero attached hydrogens (tertiary/aromatic N) is 1. The summed E-state index contributed by atoms with van der Waals surface area (Å²) < 4.78 is 10.4. The molecule has 1 amide bonds. The third-order valence-corrected chi connectivity index (χ3v) is 3.28. The molecule has 1 heterocycles. The van der Waals surface area contributed by atoms with Crippen LogP contribution in [0.5, 0.6) is 0 Å². The Morgan fingerprint density at radius 3 is 2.89 bits per heavy atom. The number of ether oxygens (including phenoxy) is 2. The van der Waals surface area contributed by atoms with Gasteiger partial charge in [-0.3, -0.25) is 4.79 Å². The van der Waals surface area contributed by atoms with Crippen molar-refractivity contribution in [2.45, 2.75) is 38.3 Å². The second-order valence-corrected chi connectivity index (χ2v) is 4.75. The summed E-state index contributed by atoms with van der Waals surface area (Å²) in [5.41, 5.74) is 0. The lowest BCUT2D eigenvalue weighted by atomic mass is 10.0. The van der Waals surface area contributed by atoms with Gasteiger partial charge in [0.15, 0.2) is 0 Å². The van der Waals surface area contributed by atoms with Crippen LogP contribution in [0, 0.1) is 0 Å². The van der Waals surface area contributed by atoms with Crippen LogP contribution in [-0.4, -0.2) is 63.4 Å². The highest BCUT2D eigenvalue weighted by Gasteiger charge is 2.29. The smallest absolute Gasteiger partial charge is 0.239 e. The number of hydrogen-bond donors (Lipinski definition) is 1. The lowest BCUT2D eigenvalue weighted by Gasteiger charge is -2.34. The first kappa shape index (κ1) is 15.4. The number of nitrogens with one attached hydrogen (secondary N) is 1. The summed E-state index contributed by atoms with van der Waals surface area (Å²) in [7, 11) is 3.31. The summed E-state index contributed by atoms with van der Waals surface area (Å²) >= 11 is 0. The zero-order valence-corrected chi connectivity index (χ0v) is 11.8. The number of hydrogen-bond acceptors (Lipinski definition) is 4. The molecule has 2 unspecified atom stereocenters. The molecule has 0 aromatic carbocycles. The van der Waals surface area contributed by atoms with Crippen LogP contribution in [0.1, 0.15) is 26.2 Å². The predicted molar refractivity (Wildman–Crippen MR) is 70.6 cm³/mol. The molecule has 1 aliphatic rings. The van der Waals surface area contributed by atoms with E-state index in [1.54, 1.807) is 14.2 Å². The van der Waals surface area contributed by atoms with Gasteiger partial charge < -0.3 is 19.7 Å². The second kappa shape index (κ2) is 8.45. The highest BCUT2D eigenvalue weighted by molar-refractivity contribution is 5.82. The second-order valence-electron chi connectivity index (χ2n) is 4.75. The zero-order chi connectivity index (χ0) is 13.4. The van der Waals surface area contributed by atoms with Crippen molar-refractivity contribution >= 4 is 5.91 Å². The Kier molecular flexibility index (Phi) is 7.23. The van der Waals surface area contributed by atoms with Gasteiger partial charge in [-0.1, -0.05) is 6.92 Å². The van der Waals surface area contributed by atoms with Crippen LogP contribution in [-0.2, 0) is 14.3 Å². The molecule has 0 spiro atoms. The molecule has 1 saturated heterocycles. The van der Waals surface area contributed by atoms with Gasteiger partial charge in [-0.05, 0) is 25.8 Å². The summed E-state index contributed by atoms with van der Waals surface area (Å²) in [6, 6.07) is -0.0150. The number of amides is 1. The maximum Gasteiger partial charge on any atom is 0.239 e. The van der Waals surface area contributed by atoms with Gasteiger partial charge in [0.05, 0.1) is 18.8 Å². The standard InChI is InChI=1S/C13H26N2O3/c1-4-7-14-12-6-5-8-15(13(12)16)9-11(18-3)10-17-2/h11-12,14H,4-10H2,1-3H3. The molecule has 1 rings (SSSR count). The maximum atomic E-state index is 12.3. The monoisotopic (exact) mass is 258 g/mol. The van der Waals surface area contributed by atoms with E-state index in [4.69, 9.17) is 9.47 Å². The van der Waals surface area contributed by atoms with Crippen molar-refractivity contribution in [1.29, 1.82) is 0 Å². The van der Waals surface area contributed by atoms with Gasteiger partial charge in [0.1, 0.15) is 0 Å². The molecule has 106 valence electrons. The topological polar surface area (TPSA) is 50.8 Å². The fourth-order valence-electron chi connectivity index (χ4n) is 2.26. The molecule has 1 N–H and O–H groups in total. The van der Waals surface area contributed by atoms with Crippen molar-refractivity contribution in [3.8, 4) is 0 Å². The van der Waals surface area contributed by atoms with Gasteiger partial charge in [0.25, 0.3) is 0 Å². The minimum Gasteiger partial charge on any atom is -0.382 e. The van der Waals surface area contributed by atoms with Crippen LogP contribution in [0.25, 0.3) is 0 Å². The van der Waals surface area contributed by atoms with E-state index in [9.17, 15) is 4.79 Å². The van der Waals surface area contributed by atoms with Gasteiger partial charge in [-0.25, -0.2) is 0 Å². The third kappa shape index (κ3) is 4.55. The molecule has 1 aliphatic heterocycles. The Hall–Kier alpha value is -0.650. The first-order chi connectivity index (χ1) is 8.72. The largest absolute Gasteiger partial charge is 0.382 e. The number of carbonyl (C=O) groups is 1. The zero-order valence-electron chi connectivity index (χ0n) is 11.8. The first-order valence-corrected chi connectivity index (χ1v) is 6.76. The molecule has 0 saturated carbocycles. The molecule has 5 nitrogen and oxygen atoms in total. The molecule has 0 aromatic rings. The predicted octanol–water partition coefficient (Wildman–Crippen LogP) is 0.638. The van der Waals surface area contributed by atoms with Crippen LogP contribution >= 0.6 is 0 Å². The number of piperidine rings is 1. The van der Waals surface area contributed by atoms with Crippen molar-refractivity contribution in [2.24, 2.45) is 0 Å². The average molecular weight is 258 g/mol. The molecule has 18 heavy (non-hydrogen) atoms. The first-order valence-electron chi connectivity index (χ1n) is 6.76. The molecular formula is C13H26N2O3. The van der Waals surface area contributed by atoms with E-state index in [-0.39, 0.29) is 18.1 Å². The van der Waals surface area contributed by atoms with Crippen LogP contribution in [0.2, 0.25) is 0 Å². The Bertz CT molecular complexity index is 248. The van der Waals surface area contributed by atoms with E-state index in [0.717, 1.165) is 32.4 Å². The molecule has 2 atom stereocenters. The van der Waals surface area contributed by atoms with E-state index in [0.29, 0.717) is 13.2 Å². The van der Waals surface area contributed by atoms with E-state index in [1.807, 2.05) is 4.90 Å². The normalized spacial score (nSPS) is 22.3. The van der Waals surface area contributed by atoms with Gasteiger partial charge in [0.2, 0.25) is 5.91 Å². The lowest BCUT2D eigenvalue weighted by molar-refractivity contribution is -0.138. The van der Waals surface area contributed by atoms with Crippen LogP contribution < -0.4 is 5.32 Å². The number of methoxy groups -OCH3 is 2. The Balaban J connectivity index is 2.46. The van der Waals surface area contributed by atoms with Gasteiger partial charge in [-0.2, -0.15) is 0 Å². The minimum absolute atomic E-state index is 0.0150. The van der Waals surface area contributed by atoms with Crippen molar-refractivity contribution in [1.82, 2.24) is 10.2 Å². The maximum absolute atomic E-state index is 12.3. The molecule has 0 aliphatic carbocycles. The van der Waals surface area contributed by atoms with Gasteiger partial charge >= 0.3 is 0 Å². The lowest BCUT2D eigenvalue weighted by Crippen LogP contribution is -2.53. The van der Waals surface area contributed by atoms with Crippen LogP contribution in [0.3, 0.4) is 0 Å². The van der Waals surface area contributed by atoms with Crippen molar-refractivity contribution in [3.05, 3.63) is 0 Å². The Morgan fingerprint density at radius 2 is 2.28 bits per heavy atom. The minimum atomic E-state index is -0.0381. The number of likely N-dealkylation sites (tertiary alicyclic amines) is 1. The Morgan fingerprint density at radius 1 is 1.50 bits per heavy atom. The van der Waals surface area contributed by atoms with Gasteiger partial charge in [-0.15, -0.1) is 0 Å². The highest BCUT2D eigenvalue weighted by Crippen LogP contribution is 2.13. The molecular weight excluding hydrogens is 232 g/mol. The number of carbonyl (C=O) groups excluding carboxylic acids is 1. The van der Waals surface area contributed by atoms with Crippen LogP contribution in [0.4, 0.5) is 0 Å². The van der Waals surface area contributed by atoms with Crippen molar-refractivity contribution < 1.29 is 14.3 Å². The van der Waals surface area contributed by atoms with Crippen molar-refractivity contribution in [2.75, 3.05) is 40.5 Å². The molecule has 0 aromatic heterocycles. The third-order valence-electron chi connectivity index (χ3n) is 3.28. The molecule has 5 heteroatoms. The van der Waals surface area contributed by atoms with Gasteiger partial charge in [0, 0.05) is 27.3 Å². The summed E-state index contributed by atoms with van der Waals surface area (Å²) in [6.45, 7) is 4.97. The molecule has 0 bridgehead atoms. The van der Waals surface area contributed by atoms with Crippen LogP contribution in [0.15, 0.2) is 0 Å². The van der Waals surface area contributed by atoms with E-state index in [1.165, 1.54) is 0 Å². The average Bonchev–Trinajstić information content (AvgIpc) is 2.39.